The first-order chi connectivity index (χ1) is 11.6. The molecule has 1 aromatic heterocycles. The van der Waals surface area contributed by atoms with Gasteiger partial charge >= 0.3 is 6.61 Å². The molecule has 5 nitrogen and oxygen atoms in total. The summed E-state index contributed by atoms with van der Waals surface area (Å²) in [5.41, 5.74) is 1.32. The predicted molar refractivity (Wildman–Crippen MR) is 83.9 cm³/mol. The van der Waals surface area contributed by atoms with Crippen LogP contribution in [0, 0.1) is 11.3 Å². The van der Waals surface area contributed by atoms with Gasteiger partial charge in [-0.2, -0.15) is 14.0 Å². The minimum Gasteiger partial charge on any atom is -0.493 e. The summed E-state index contributed by atoms with van der Waals surface area (Å²) < 4.78 is 39.7. The minimum atomic E-state index is -3.02. The van der Waals surface area contributed by atoms with Gasteiger partial charge in [0.1, 0.15) is 6.07 Å². The van der Waals surface area contributed by atoms with E-state index in [0.717, 1.165) is 0 Å². The van der Waals surface area contributed by atoms with Crippen LogP contribution in [0.4, 0.5) is 8.78 Å². The van der Waals surface area contributed by atoms with Crippen LogP contribution in [0.15, 0.2) is 36.5 Å². The number of alkyl halides is 2. The summed E-state index contributed by atoms with van der Waals surface area (Å²) in [6.45, 7) is -3.02. The third kappa shape index (κ3) is 3.98. The third-order valence-electron chi connectivity index (χ3n) is 3.06. The molecule has 0 aliphatic rings. The lowest BCUT2D eigenvalue weighted by Gasteiger charge is -2.14. The molecule has 0 radical (unpaired) electrons. The smallest absolute Gasteiger partial charge is 0.387 e. The molecule has 0 N–H and O–H groups in total. The Morgan fingerprint density at radius 3 is 2.33 bits per heavy atom. The topological polar surface area (TPSA) is 64.4 Å². The zero-order chi connectivity index (χ0) is 17.5. The molecule has 0 aliphatic heterocycles. The van der Waals surface area contributed by atoms with Gasteiger partial charge in [0.05, 0.1) is 25.5 Å². The molecule has 0 bridgehead atoms. The van der Waals surface area contributed by atoms with E-state index in [0.29, 0.717) is 16.8 Å². The van der Waals surface area contributed by atoms with E-state index in [1.54, 1.807) is 30.5 Å². The van der Waals surface area contributed by atoms with Crippen molar-refractivity contribution >= 4 is 11.6 Å². The number of methoxy groups -OCH3 is 2. The molecule has 24 heavy (non-hydrogen) atoms. The molecule has 0 spiro atoms. The van der Waals surface area contributed by atoms with Gasteiger partial charge in [0.2, 0.25) is 5.75 Å². The van der Waals surface area contributed by atoms with E-state index < -0.39 is 6.61 Å². The molecular formula is C17H14F2N2O3. The number of benzene rings is 1. The van der Waals surface area contributed by atoms with Crippen molar-refractivity contribution < 1.29 is 23.0 Å². The van der Waals surface area contributed by atoms with Gasteiger partial charge in [0.15, 0.2) is 11.5 Å². The molecule has 0 unspecified atom stereocenters. The fourth-order valence-electron chi connectivity index (χ4n) is 2.04. The van der Waals surface area contributed by atoms with Crippen LogP contribution in [0.25, 0.3) is 11.6 Å². The van der Waals surface area contributed by atoms with Gasteiger partial charge in [-0.3, -0.25) is 4.98 Å². The van der Waals surface area contributed by atoms with Gasteiger partial charge in [-0.1, -0.05) is 6.07 Å². The zero-order valence-corrected chi connectivity index (χ0v) is 13.0. The van der Waals surface area contributed by atoms with Crippen molar-refractivity contribution in [2.24, 2.45) is 0 Å². The van der Waals surface area contributed by atoms with E-state index in [4.69, 9.17) is 9.47 Å². The molecule has 2 aromatic rings. The summed E-state index contributed by atoms with van der Waals surface area (Å²) >= 11 is 0. The lowest BCUT2D eigenvalue weighted by atomic mass is 10.1. The van der Waals surface area contributed by atoms with Gasteiger partial charge in [-0.05, 0) is 35.9 Å². The van der Waals surface area contributed by atoms with Gasteiger partial charge in [0, 0.05) is 6.20 Å². The van der Waals surface area contributed by atoms with E-state index in [-0.39, 0.29) is 17.2 Å². The molecular weight excluding hydrogens is 318 g/mol. The van der Waals surface area contributed by atoms with Crippen molar-refractivity contribution in [1.82, 2.24) is 4.98 Å². The van der Waals surface area contributed by atoms with Crippen molar-refractivity contribution in [3.8, 4) is 23.3 Å². The number of hydrogen-bond acceptors (Lipinski definition) is 5. The summed E-state index contributed by atoms with van der Waals surface area (Å²) in [5, 5.41) is 9.32. The molecule has 0 saturated carbocycles. The lowest BCUT2D eigenvalue weighted by molar-refractivity contribution is -0.0526. The molecule has 1 heterocycles. The Hall–Kier alpha value is -3.14. The van der Waals surface area contributed by atoms with Gasteiger partial charge in [-0.15, -0.1) is 0 Å². The van der Waals surface area contributed by atoms with Crippen molar-refractivity contribution in [3.63, 3.8) is 0 Å². The first kappa shape index (κ1) is 17.2. The highest BCUT2D eigenvalue weighted by atomic mass is 19.3. The number of ether oxygens (including phenoxy) is 3. The Morgan fingerprint density at radius 1 is 1.21 bits per heavy atom. The first-order valence-electron chi connectivity index (χ1n) is 6.83. The molecule has 0 fully saturated rings. The number of allylic oxidation sites excluding steroid dienone is 1. The highest BCUT2D eigenvalue weighted by Gasteiger charge is 2.18. The van der Waals surface area contributed by atoms with Crippen LogP contribution in [0.5, 0.6) is 17.2 Å². The molecule has 0 aliphatic carbocycles. The van der Waals surface area contributed by atoms with E-state index in [1.165, 1.54) is 26.4 Å². The monoisotopic (exact) mass is 332 g/mol. The minimum absolute atomic E-state index is 0.0687. The van der Waals surface area contributed by atoms with Gasteiger partial charge in [0.25, 0.3) is 0 Å². The summed E-state index contributed by atoms with van der Waals surface area (Å²) in [6.07, 6.45) is 3.13. The molecule has 0 atom stereocenters. The van der Waals surface area contributed by atoms with Crippen molar-refractivity contribution in [2.45, 2.75) is 6.61 Å². The maximum atomic E-state index is 12.5. The average Bonchev–Trinajstić information content (AvgIpc) is 2.60. The number of pyridine rings is 1. The van der Waals surface area contributed by atoms with Crippen molar-refractivity contribution in [3.05, 3.63) is 47.8 Å². The van der Waals surface area contributed by atoms with Crippen LogP contribution in [0.3, 0.4) is 0 Å². The van der Waals surface area contributed by atoms with E-state index in [1.807, 2.05) is 0 Å². The highest BCUT2D eigenvalue weighted by molar-refractivity contribution is 5.88. The standard InChI is InChI=1S/C17H14F2N2O3/c1-22-14-8-11(9-15(23-2)16(14)24-17(18)19)7-12(10-20)13-5-3-4-6-21-13/h3-9,17H,1-2H3/b12-7+. The molecule has 2 rings (SSSR count). The summed E-state index contributed by atoms with van der Waals surface area (Å²) in [4.78, 5) is 4.11. The van der Waals surface area contributed by atoms with Crippen LogP contribution in [-0.2, 0) is 0 Å². The summed E-state index contributed by atoms with van der Waals surface area (Å²) in [6, 6.07) is 10.2. The fraction of sp³-hybridized carbons (Fsp3) is 0.176. The number of aromatic nitrogens is 1. The van der Waals surface area contributed by atoms with E-state index >= 15 is 0 Å². The van der Waals surface area contributed by atoms with Crippen molar-refractivity contribution in [1.29, 1.82) is 5.26 Å². The Balaban J connectivity index is 2.51. The van der Waals surface area contributed by atoms with Crippen LogP contribution in [0.1, 0.15) is 11.3 Å². The second kappa shape index (κ2) is 7.92. The second-order valence-corrected chi connectivity index (χ2v) is 4.52. The lowest BCUT2D eigenvalue weighted by Crippen LogP contribution is -2.05. The van der Waals surface area contributed by atoms with Crippen LogP contribution in [-0.4, -0.2) is 25.8 Å². The second-order valence-electron chi connectivity index (χ2n) is 4.52. The maximum absolute atomic E-state index is 12.5. The third-order valence-corrected chi connectivity index (χ3v) is 3.06. The quantitative estimate of drug-likeness (QED) is 0.754. The van der Waals surface area contributed by atoms with E-state index in [2.05, 4.69) is 15.8 Å². The Morgan fingerprint density at radius 2 is 1.88 bits per heavy atom. The van der Waals surface area contributed by atoms with Gasteiger partial charge < -0.3 is 14.2 Å². The molecule has 0 saturated heterocycles. The summed E-state index contributed by atoms with van der Waals surface area (Å²) in [7, 11) is 2.65. The molecule has 7 heteroatoms. The highest BCUT2D eigenvalue weighted by Crippen LogP contribution is 2.40. The van der Waals surface area contributed by atoms with Crippen LogP contribution in [0.2, 0.25) is 0 Å². The SMILES string of the molecule is COc1cc(/C=C(\C#N)c2ccccn2)cc(OC)c1OC(F)F. The molecule has 0 amide bonds. The summed E-state index contributed by atoms with van der Waals surface area (Å²) in [5.74, 6) is -0.0677. The number of halogens is 2. The zero-order valence-electron chi connectivity index (χ0n) is 13.0. The van der Waals surface area contributed by atoms with Crippen molar-refractivity contribution in [2.75, 3.05) is 14.2 Å². The van der Waals surface area contributed by atoms with Crippen LogP contribution >= 0.6 is 0 Å². The van der Waals surface area contributed by atoms with E-state index in [9.17, 15) is 14.0 Å². The molecule has 1 aromatic carbocycles. The number of rotatable bonds is 6. The largest absolute Gasteiger partial charge is 0.493 e. The maximum Gasteiger partial charge on any atom is 0.387 e. The average molecular weight is 332 g/mol. The Kier molecular flexibility index (Phi) is 5.68. The molecule has 124 valence electrons. The fourth-order valence-corrected chi connectivity index (χ4v) is 2.04. The normalized spacial score (nSPS) is 11.1. The van der Waals surface area contributed by atoms with Crippen LogP contribution < -0.4 is 14.2 Å². The predicted octanol–water partition coefficient (Wildman–Crippen LogP) is 3.76. The first-order valence-corrected chi connectivity index (χ1v) is 6.83. The Bertz CT molecular complexity index is 746. The Labute approximate surface area is 137 Å². The van der Waals surface area contributed by atoms with Gasteiger partial charge in [-0.25, -0.2) is 0 Å². The number of hydrogen-bond donors (Lipinski definition) is 0. The number of nitrogens with zero attached hydrogens (tertiary/aromatic N) is 2. The number of nitriles is 1.